The van der Waals surface area contributed by atoms with Gasteiger partial charge in [-0.25, -0.2) is 5.10 Å². The van der Waals surface area contributed by atoms with Crippen LogP contribution >= 0.6 is 0 Å². The van der Waals surface area contributed by atoms with Crippen molar-refractivity contribution in [1.82, 2.24) is 10.2 Å². The molecule has 4 N–H and O–H groups in total. The third-order valence-corrected chi connectivity index (χ3v) is 1.96. The van der Waals surface area contributed by atoms with E-state index in [9.17, 15) is 4.79 Å². The molecule has 2 aromatic rings. The minimum Gasteiger partial charge on any atom is -0.463 e. The maximum atomic E-state index is 11.2. The van der Waals surface area contributed by atoms with Gasteiger partial charge in [0, 0.05) is 6.21 Å². The molecule has 0 spiro atoms. The van der Waals surface area contributed by atoms with E-state index < -0.39 is 5.56 Å². The van der Waals surface area contributed by atoms with Gasteiger partial charge in [0.05, 0.1) is 17.5 Å². The van der Waals surface area contributed by atoms with Crippen molar-refractivity contribution >= 4 is 11.9 Å². The normalized spacial score (nSPS) is 10.1. The zero-order valence-electron chi connectivity index (χ0n) is 7.65. The largest absolute Gasteiger partial charge is 0.463 e. The average Bonchev–Trinajstić information content (AvgIpc) is 2.71. The molecule has 76 valence electrons. The summed E-state index contributed by atoms with van der Waals surface area (Å²) in [5.41, 5.74) is 5.76. The second-order valence-electron chi connectivity index (χ2n) is 2.85. The van der Waals surface area contributed by atoms with Crippen LogP contribution in [0.1, 0.15) is 5.56 Å². The van der Waals surface area contributed by atoms with Crippen molar-refractivity contribution in [2.45, 2.75) is 0 Å². The number of furan rings is 1. The van der Waals surface area contributed by atoms with Crippen LogP contribution in [0.15, 0.2) is 27.6 Å². The summed E-state index contributed by atoms with van der Waals surface area (Å²) < 4.78 is 5.10. The van der Waals surface area contributed by atoms with Crippen molar-refractivity contribution < 1.29 is 4.42 Å². The van der Waals surface area contributed by atoms with Gasteiger partial charge in [-0.1, -0.05) is 0 Å². The van der Waals surface area contributed by atoms with E-state index in [2.05, 4.69) is 10.2 Å². The van der Waals surface area contributed by atoms with Crippen molar-refractivity contribution in [3.8, 4) is 11.5 Å². The quantitative estimate of drug-likeness (QED) is 0.622. The van der Waals surface area contributed by atoms with Crippen LogP contribution in [0.25, 0.3) is 11.5 Å². The fourth-order valence-electron chi connectivity index (χ4n) is 1.22. The molecule has 6 heteroatoms. The molecule has 2 aromatic heterocycles. The molecule has 0 unspecified atom stereocenters. The minimum atomic E-state index is -0.488. The smallest absolute Gasteiger partial charge is 0.275 e. The van der Waals surface area contributed by atoms with Crippen LogP contribution in [0.2, 0.25) is 0 Å². The number of nitrogens with zero attached hydrogens (tertiary/aromatic N) is 1. The van der Waals surface area contributed by atoms with E-state index >= 15 is 0 Å². The molecule has 6 nitrogen and oxygen atoms in total. The van der Waals surface area contributed by atoms with Gasteiger partial charge in [0.2, 0.25) is 0 Å². The van der Waals surface area contributed by atoms with Gasteiger partial charge < -0.3 is 15.6 Å². The number of nitrogens with two attached hydrogens (primary N) is 1. The van der Waals surface area contributed by atoms with Gasteiger partial charge in [0.1, 0.15) is 5.69 Å². The Morgan fingerprint density at radius 2 is 2.40 bits per heavy atom. The Hall–Kier alpha value is -2.37. The molecule has 0 amide bonds. The van der Waals surface area contributed by atoms with Gasteiger partial charge in [0.25, 0.3) is 5.56 Å². The molecular weight excluding hydrogens is 196 g/mol. The highest BCUT2D eigenvalue weighted by Gasteiger charge is 2.12. The highest BCUT2D eigenvalue weighted by molar-refractivity contribution is 5.89. The Labute approximate surface area is 84.2 Å². The molecule has 2 rings (SSSR count). The lowest BCUT2D eigenvalue weighted by molar-refractivity contribution is 0.579. The number of anilines is 1. The third-order valence-electron chi connectivity index (χ3n) is 1.96. The molecule has 0 aliphatic rings. The second kappa shape index (κ2) is 3.41. The number of aromatic nitrogens is 2. The van der Waals surface area contributed by atoms with Gasteiger partial charge in [0.15, 0.2) is 5.76 Å². The number of hydrogen-bond donors (Lipinski definition) is 3. The molecule has 0 bridgehead atoms. The Balaban J connectivity index is 2.70. The first kappa shape index (κ1) is 9.20. The lowest BCUT2D eigenvalue weighted by atomic mass is 10.2. The molecule has 0 fully saturated rings. The van der Waals surface area contributed by atoms with Gasteiger partial charge in [-0.2, -0.15) is 5.10 Å². The summed E-state index contributed by atoms with van der Waals surface area (Å²) in [6, 6.07) is 3.36. The van der Waals surface area contributed by atoms with Gasteiger partial charge in [-0.15, -0.1) is 0 Å². The molecule has 0 aliphatic carbocycles. The van der Waals surface area contributed by atoms with Crippen molar-refractivity contribution in [3.63, 3.8) is 0 Å². The standard InChI is InChI=1S/C9H8N4O2/c10-4-5-7(11)8(12-13-9(5)14)6-2-1-3-15-6/h1-4,10H,(H3,11,13,14). The second-order valence-corrected chi connectivity index (χ2v) is 2.85. The van der Waals surface area contributed by atoms with E-state index in [-0.39, 0.29) is 11.3 Å². The molecule has 0 atom stereocenters. The van der Waals surface area contributed by atoms with E-state index in [1.54, 1.807) is 12.1 Å². The molecule has 0 saturated carbocycles. The average molecular weight is 204 g/mol. The van der Waals surface area contributed by atoms with Crippen molar-refractivity contribution in [3.05, 3.63) is 34.3 Å². The fourth-order valence-corrected chi connectivity index (χ4v) is 1.22. The first-order chi connectivity index (χ1) is 7.24. The Morgan fingerprint density at radius 1 is 1.60 bits per heavy atom. The molecule has 0 radical (unpaired) electrons. The Bertz CT molecular complexity index is 542. The molecule has 0 saturated heterocycles. The van der Waals surface area contributed by atoms with Gasteiger partial charge >= 0.3 is 0 Å². The number of nitrogens with one attached hydrogen (secondary N) is 2. The van der Waals surface area contributed by atoms with Gasteiger partial charge in [-0.3, -0.25) is 4.79 Å². The first-order valence-electron chi connectivity index (χ1n) is 4.16. The molecule has 0 aliphatic heterocycles. The van der Waals surface area contributed by atoms with Gasteiger partial charge in [-0.05, 0) is 12.1 Å². The maximum absolute atomic E-state index is 11.2. The number of hydrogen-bond acceptors (Lipinski definition) is 5. The van der Waals surface area contributed by atoms with Crippen LogP contribution in [0.5, 0.6) is 0 Å². The monoisotopic (exact) mass is 204 g/mol. The van der Waals surface area contributed by atoms with Crippen molar-refractivity contribution in [2.75, 3.05) is 5.73 Å². The molecule has 0 aromatic carbocycles. The van der Waals surface area contributed by atoms with Crippen LogP contribution in [-0.2, 0) is 0 Å². The summed E-state index contributed by atoms with van der Waals surface area (Å²) in [6.07, 6.45) is 2.37. The summed E-state index contributed by atoms with van der Waals surface area (Å²) >= 11 is 0. The molecular formula is C9H8N4O2. The zero-order valence-corrected chi connectivity index (χ0v) is 7.65. The van der Waals surface area contributed by atoms with Crippen molar-refractivity contribution in [2.24, 2.45) is 0 Å². The van der Waals surface area contributed by atoms with Crippen LogP contribution < -0.4 is 11.3 Å². The number of aromatic amines is 1. The highest BCUT2D eigenvalue weighted by Crippen LogP contribution is 2.23. The van der Waals surface area contributed by atoms with E-state index in [0.29, 0.717) is 11.5 Å². The minimum absolute atomic E-state index is 0.0800. The SMILES string of the molecule is N=Cc1c(N)c(-c2ccco2)n[nH]c1=O. The number of H-pyrrole nitrogens is 1. The molecule has 15 heavy (non-hydrogen) atoms. The van der Waals surface area contributed by atoms with E-state index in [0.717, 1.165) is 6.21 Å². The lowest BCUT2D eigenvalue weighted by Crippen LogP contribution is -2.17. The Morgan fingerprint density at radius 3 is 3.00 bits per heavy atom. The number of rotatable bonds is 2. The maximum Gasteiger partial charge on any atom is 0.275 e. The predicted octanol–water partition coefficient (Wildman–Crippen LogP) is 0.610. The lowest BCUT2D eigenvalue weighted by Gasteiger charge is -2.02. The summed E-state index contributed by atoms with van der Waals surface area (Å²) in [5, 5.41) is 13.1. The summed E-state index contributed by atoms with van der Waals surface area (Å²) in [5.74, 6) is 0.451. The van der Waals surface area contributed by atoms with Crippen molar-refractivity contribution in [1.29, 1.82) is 5.41 Å². The predicted molar refractivity (Wildman–Crippen MR) is 54.9 cm³/mol. The molecule has 2 heterocycles. The third kappa shape index (κ3) is 1.41. The highest BCUT2D eigenvalue weighted by atomic mass is 16.3. The Kier molecular flexibility index (Phi) is 2.09. The topological polar surface area (TPSA) is 109 Å². The number of nitrogen functional groups attached to an aromatic ring is 1. The fraction of sp³-hybridized carbons (Fsp3) is 0. The van der Waals surface area contributed by atoms with E-state index in [1.165, 1.54) is 6.26 Å². The summed E-state index contributed by atoms with van der Waals surface area (Å²) in [7, 11) is 0. The van der Waals surface area contributed by atoms with Crippen LogP contribution in [0.4, 0.5) is 5.69 Å². The summed E-state index contributed by atoms with van der Waals surface area (Å²) in [4.78, 5) is 11.2. The van der Waals surface area contributed by atoms with Crippen LogP contribution in [0, 0.1) is 5.41 Å². The summed E-state index contributed by atoms with van der Waals surface area (Å²) in [6.45, 7) is 0. The van der Waals surface area contributed by atoms with Crippen LogP contribution in [-0.4, -0.2) is 16.4 Å². The van der Waals surface area contributed by atoms with E-state index in [4.69, 9.17) is 15.6 Å². The van der Waals surface area contributed by atoms with Crippen LogP contribution in [0.3, 0.4) is 0 Å². The first-order valence-corrected chi connectivity index (χ1v) is 4.16. The van der Waals surface area contributed by atoms with E-state index in [1.807, 2.05) is 0 Å². The zero-order chi connectivity index (χ0) is 10.8.